The topological polar surface area (TPSA) is 90.5 Å². The van der Waals surface area contributed by atoms with Crippen molar-refractivity contribution < 1.29 is 14.3 Å². The van der Waals surface area contributed by atoms with Crippen molar-refractivity contribution in [3.63, 3.8) is 0 Å². The Morgan fingerprint density at radius 2 is 2.04 bits per heavy atom. The lowest BCUT2D eigenvalue weighted by atomic mass is 9.93. The Kier molecular flexibility index (Phi) is 4.61. The molecule has 7 nitrogen and oxygen atoms in total. The number of nitrogens with zero attached hydrogens (tertiary/aromatic N) is 3. The van der Waals surface area contributed by atoms with Crippen molar-refractivity contribution >= 4 is 11.8 Å². The van der Waals surface area contributed by atoms with E-state index in [0.29, 0.717) is 31.8 Å². The van der Waals surface area contributed by atoms with Crippen molar-refractivity contribution in [3.05, 3.63) is 53.3 Å². The SMILES string of the molecule is COCCn1ccc(C(=O)N2Cc3ccccc3C[C@H]2C(N)=O)n1. The van der Waals surface area contributed by atoms with E-state index in [1.807, 2.05) is 24.3 Å². The first kappa shape index (κ1) is 16.2. The van der Waals surface area contributed by atoms with Gasteiger partial charge in [0.1, 0.15) is 11.7 Å². The molecule has 1 aromatic carbocycles. The van der Waals surface area contributed by atoms with Gasteiger partial charge in [-0.25, -0.2) is 0 Å². The second kappa shape index (κ2) is 6.84. The summed E-state index contributed by atoms with van der Waals surface area (Å²) in [4.78, 5) is 26.2. The van der Waals surface area contributed by atoms with Gasteiger partial charge in [0.25, 0.3) is 5.91 Å². The van der Waals surface area contributed by atoms with Gasteiger partial charge in [-0.05, 0) is 17.2 Å². The normalized spacial score (nSPS) is 16.7. The van der Waals surface area contributed by atoms with Crippen LogP contribution in [0.5, 0.6) is 0 Å². The number of primary amides is 1. The van der Waals surface area contributed by atoms with Crippen molar-refractivity contribution in [2.45, 2.75) is 25.6 Å². The van der Waals surface area contributed by atoms with Crippen LogP contribution in [0.3, 0.4) is 0 Å². The summed E-state index contributed by atoms with van der Waals surface area (Å²) in [5, 5.41) is 4.27. The van der Waals surface area contributed by atoms with E-state index in [4.69, 9.17) is 10.5 Å². The summed E-state index contributed by atoms with van der Waals surface area (Å²) < 4.78 is 6.65. The van der Waals surface area contributed by atoms with Gasteiger partial charge < -0.3 is 15.4 Å². The lowest BCUT2D eigenvalue weighted by Crippen LogP contribution is -2.51. The number of ether oxygens (including phenoxy) is 1. The maximum atomic E-state index is 12.8. The van der Waals surface area contributed by atoms with Crippen molar-refractivity contribution in [3.8, 4) is 0 Å². The number of hydrogen-bond donors (Lipinski definition) is 1. The van der Waals surface area contributed by atoms with E-state index in [1.54, 1.807) is 24.1 Å². The second-order valence-corrected chi connectivity index (χ2v) is 5.78. The summed E-state index contributed by atoms with van der Waals surface area (Å²) in [5.41, 5.74) is 7.91. The minimum atomic E-state index is -0.656. The number of amides is 2. The van der Waals surface area contributed by atoms with Crippen LogP contribution in [-0.2, 0) is 29.0 Å². The number of aromatic nitrogens is 2. The average molecular weight is 328 g/mol. The molecule has 2 aromatic rings. The third-order valence-electron chi connectivity index (χ3n) is 4.22. The zero-order valence-electron chi connectivity index (χ0n) is 13.5. The van der Waals surface area contributed by atoms with Crippen LogP contribution in [0.25, 0.3) is 0 Å². The summed E-state index contributed by atoms with van der Waals surface area (Å²) in [6.07, 6.45) is 2.16. The van der Waals surface area contributed by atoms with Crippen LogP contribution in [0.15, 0.2) is 36.5 Å². The quantitative estimate of drug-likeness (QED) is 0.869. The number of rotatable bonds is 5. The van der Waals surface area contributed by atoms with Gasteiger partial charge in [0.05, 0.1) is 13.2 Å². The molecular weight excluding hydrogens is 308 g/mol. The first-order chi connectivity index (χ1) is 11.6. The summed E-state index contributed by atoms with van der Waals surface area (Å²) in [7, 11) is 1.61. The van der Waals surface area contributed by atoms with Crippen LogP contribution < -0.4 is 5.73 Å². The molecule has 0 unspecified atom stereocenters. The zero-order chi connectivity index (χ0) is 17.1. The summed E-state index contributed by atoms with van der Waals surface area (Å²) >= 11 is 0. The fourth-order valence-corrected chi connectivity index (χ4v) is 2.92. The molecule has 2 heterocycles. The Balaban J connectivity index is 1.84. The molecule has 0 radical (unpaired) electrons. The maximum absolute atomic E-state index is 12.8. The molecule has 2 N–H and O–H groups in total. The molecule has 126 valence electrons. The number of benzene rings is 1. The highest BCUT2D eigenvalue weighted by molar-refractivity contribution is 5.96. The van der Waals surface area contributed by atoms with Gasteiger partial charge in [-0.15, -0.1) is 0 Å². The third-order valence-corrected chi connectivity index (χ3v) is 4.22. The number of carbonyl (C=O) groups excluding carboxylic acids is 2. The van der Waals surface area contributed by atoms with Gasteiger partial charge in [0.2, 0.25) is 5.91 Å². The molecule has 0 saturated heterocycles. The molecule has 1 atom stereocenters. The molecule has 3 rings (SSSR count). The van der Waals surface area contributed by atoms with Crippen molar-refractivity contribution in [2.24, 2.45) is 5.73 Å². The van der Waals surface area contributed by atoms with E-state index >= 15 is 0 Å². The van der Waals surface area contributed by atoms with Crippen LogP contribution in [0, 0.1) is 0 Å². The molecule has 1 aliphatic rings. The molecule has 1 aliphatic heterocycles. The highest BCUT2D eigenvalue weighted by Crippen LogP contribution is 2.24. The minimum Gasteiger partial charge on any atom is -0.383 e. The molecule has 0 spiro atoms. The number of carbonyl (C=O) groups is 2. The van der Waals surface area contributed by atoms with Crippen LogP contribution in [0.1, 0.15) is 21.6 Å². The van der Waals surface area contributed by atoms with E-state index in [9.17, 15) is 9.59 Å². The zero-order valence-corrected chi connectivity index (χ0v) is 13.5. The van der Waals surface area contributed by atoms with Gasteiger partial charge >= 0.3 is 0 Å². The monoisotopic (exact) mass is 328 g/mol. The largest absolute Gasteiger partial charge is 0.383 e. The Bertz CT molecular complexity index is 756. The predicted octanol–water partition coefficient (Wildman–Crippen LogP) is 0.582. The van der Waals surface area contributed by atoms with Crippen LogP contribution in [0.4, 0.5) is 0 Å². The van der Waals surface area contributed by atoms with Crippen LogP contribution >= 0.6 is 0 Å². The Labute approximate surface area is 140 Å². The molecule has 0 saturated carbocycles. The number of nitrogens with two attached hydrogens (primary N) is 1. The van der Waals surface area contributed by atoms with Gasteiger partial charge in [-0.2, -0.15) is 5.10 Å². The lowest BCUT2D eigenvalue weighted by Gasteiger charge is -2.34. The van der Waals surface area contributed by atoms with E-state index in [2.05, 4.69) is 5.10 Å². The molecule has 7 heteroatoms. The van der Waals surface area contributed by atoms with Crippen LogP contribution in [-0.4, -0.2) is 46.3 Å². The molecule has 2 amide bonds. The molecule has 0 aliphatic carbocycles. The molecule has 0 fully saturated rings. The van der Waals surface area contributed by atoms with Crippen molar-refractivity contribution in [1.29, 1.82) is 0 Å². The van der Waals surface area contributed by atoms with Gasteiger partial charge in [-0.1, -0.05) is 24.3 Å². The fraction of sp³-hybridized carbons (Fsp3) is 0.353. The lowest BCUT2D eigenvalue weighted by molar-refractivity contribution is -0.122. The number of fused-ring (bicyclic) bond motifs is 1. The van der Waals surface area contributed by atoms with Crippen molar-refractivity contribution in [1.82, 2.24) is 14.7 Å². The molecule has 0 bridgehead atoms. The highest BCUT2D eigenvalue weighted by Gasteiger charge is 2.34. The highest BCUT2D eigenvalue weighted by atomic mass is 16.5. The summed E-state index contributed by atoms with van der Waals surface area (Å²) in [6.45, 7) is 1.43. The first-order valence-corrected chi connectivity index (χ1v) is 7.79. The van der Waals surface area contributed by atoms with Gasteiger partial charge in [0, 0.05) is 26.3 Å². The average Bonchev–Trinajstić information content (AvgIpc) is 3.07. The molecule has 1 aromatic heterocycles. The Hall–Kier alpha value is -2.67. The molecular formula is C17H20N4O3. The van der Waals surface area contributed by atoms with E-state index in [-0.39, 0.29) is 5.91 Å². The summed E-state index contributed by atoms with van der Waals surface area (Å²) in [5.74, 6) is -0.791. The van der Waals surface area contributed by atoms with E-state index < -0.39 is 11.9 Å². The summed E-state index contributed by atoms with van der Waals surface area (Å²) in [6, 6.07) is 8.77. The van der Waals surface area contributed by atoms with E-state index in [0.717, 1.165) is 11.1 Å². The predicted molar refractivity (Wildman–Crippen MR) is 87.1 cm³/mol. The Morgan fingerprint density at radius 3 is 2.75 bits per heavy atom. The number of methoxy groups -OCH3 is 1. The van der Waals surface area contributed by atoms with Crippen LogP contribution in [0.2, 0.25) is 0 Å². The van der Waals surface area contributed by atoms with E-state index in [1.165, 1.54) is 4.90 Å². The smallest absolute Gasteiger partial charge is 0.275 e. The number of hydrogen-bond acceptors (Lipinski definition) is 4. The molecule has 24 heavy (non-hydrogen) atoms. The standard InChI is InChI=1S/C17H20N4O3/c1-24-9-8-20-7-6-14(19-20)17(23)21-11-13-5-3-2-4-12(13)10-15(21)16(18)22/h2-7,15H,8-11H2,1H3,(H2,18,22)/t15-/m0/s1. The Morgan fingerprint density at radius 1 is 1.29 bits per heavy atom. The minimum absolute atomic E-state index is 0.288. The van der Waals surface area contributed by atoms with Gasteiger partial charge in [0.15, 0.2) is 0 Å². The second-order valence-electron chi connectivity index (χ2n) is 5.78. The van der Waals surface area contributed by atoms with Crippen molar-refractivity contribution in [2.75, 3.05) is 13.7 Å². The third kappa shape index (κ3) is 3.16. The fourth-order valence-electron chi connectivity index (χ4n) is 2.92. The maximum Gasteiger partial charge on any atom is 0.275 e. The van der Waals surface area contributed by atoms with Gasteiger partial charge in [-0.3, -0.25) is 14.3 Å². The first-order valence-electron chi connectivity index (χ1n) is 7.79.